The summed E-state index contributed by atoms with van der Waals surface area (Å²) >= 11 is 0. The Balaban J connectivity index is 2.51. The lowest BCUT2D eigenvalue weighted by Gasteiger charge is -2.02. The summed E-state index contributed by atoms with van der Waals surface area (Å²) in [5.41, 5.74) is 0.948. The molecule has 0 bridgehead atoms. The van der Waals surface area contributed by atoms with Crippen LogP contribution in [0.1, 0.15) is 11.1 Å². The number of imide groups is 1. The van der Waals surface area contributed by atoms with Gasteiger partial charge in [0.15, 0.2) is 0 Å². The minimum Gasteiger partial charge on any atom is -0.289 e. The molecule has 0 unspecified atom stereocenters. The molecule has 86 valence electrons. The Hall–Kier alpha value is -2.50. The lowest BCUT2D eigenvalue weighted by Crippen LogP contribution is -2.21. The van der Waals surface area contributed by atoms with Crippen LogP contribution in [0.3, 0.4) is 0 Å². The Morgan fingerprint density at radius 1 is 1.29 bits per heavy atom. The molecule has 0 fully saturated rings. The van der Waals surface area contributed by atoms with E-state index < -0.39 is 16.7 Å². The van der Waals surface area contributed by atoms with Crippen LogP contribution in [-0.4, -0.2) is 16.7 Å². The highest BCUT2D eigenvalue weighted by Gasteiger charge is 2.23. The molecule has 1 aliphatic rings. The van der Waals surface area contributed by atoms with Gasteiger partial charge >= 0.3 is 0 Å². The van der Waals surface area contributed by atoms with Crippen LogP contribution in [0.15, 0.2) is 24.3 Å². The van der Waals surface area contributed by atoms with Gasteiger partial charge in [-0.1, -0.05) is 12.1 Å². The fourth-order valence-electron chi connectivity index (χ4n) is 1.60. The Labute approximate surface area is 96.1 Å². The molecule has 0 atom stereocenters. The van der Waals surface area contributed by atoms with Gasteiger partial charge in [-0.25, -0.2) is 0 Å². The van der Waals surface area contributed by atoms with Gasteiger partial charge in [-0.3, -0.25) is 25.0 Å². The van der Waals surface area contributed by atoms with Gasteiger partial charge in [-0.2, -0.15) is 0 Å². The highest BCUT2D eigenvalue weighted by Crippen LogP contribution is 2.25. The maximum Gasteiger partial charge on any atom is 0.272 e. The van der Waals surface area contributed by atoms with Crippen molar-refractivity contribution in [2.45, 2.75) is 6.92 Å². The lowest BCUT2D eigenvalue weighted by atomic mass is 10.0. The van der Waals surface area contributed by atoms with E-state index in [0.717, 1.165) is 6.08 Å². The number of nitrogens with one attached hydrogen (secondary N) is 1. The summed E-state index contributed by atoms with van der Waals surface area (Å²) in [5.74, 6) is -1.04. The van der Waals surface area contributed by atoms with Gasteiger partial charge in [0.1, 0.15) is 0 Å². The quantitative estimate of drug-likeness (QED) is 0.467. The summed E-state index contributed by atoms with van der Waals surface area (Å²) < 4.78 is 0. The number of aryl methyl sites for hydroxylation is 1. The van der Waals surface area contributed by atoms with Gasteiger partial charge in [0.05, 0.1) is 10.5 Å². The van der Waals surface area contributed by atoms with Crippen LogP contribution in [0.25, 0.3) is 5.57 Å². The molecule has 1 N–H and O–H groups in total. The molecule has 1 aliphatic heterocycles. The third-order valence-electron chi connectivity index (χ3n) is 2.47. The predicted octanol–water partition coefficient (Wildman–Crippen LogP) is 0.943. The summed E-state index contributed by atoms with van der Waals surface area (Å²) in [4.78, 5) is 32.6. The normalized spacial score (nSPS) is 14.5. The van der Waals surface area contributed by atoms with Gasteiger partial charge in [-0.15, -0.1) is 0 Å². The average molecular weight is 232 g/mol. The van der Waals surface area contributed by atoms with E-state index in [4.69, 9.17) is 0 Å². The smallest absolute Gasteiger partial charge is 0.272 e. The molecule has 0 spiro atoms. The van der Waals surface area contributed by atoms with Crippen molar-refractivity contribution in [2.75, 3.05) is 0 Å². The van der Waals surface area contributed by atoms with E-state index in [1.54, 1.807) is 19.1 Å². The lowest BCUT2D eigenvalue weighted by molar-refractivity contribution is -0.385. The third kappa shape index (κ3) is 1.92. The molecule has 6 nitrogen and oxygen atoms in total. The molecular formula is C11H8N2O4. The van der Waals surface area contributed by atoms with E-state index in [0.29, 0.717) is 11.1 Å². The second-order valence-electron chi connectivity index (χ2n) is 3.63. The number of carbonyl (C=O) groups is 2. The second kappa shape index (κ2) is 3.82. The van der Waals surface area contributed by atoms with Gasteiger partial charge in [0.25, 0.3) is 17.5 Å². The fourth-order valence-corrected chi connectivity index (χ4v) is 1.60. The van der Waals surface area contributed by atoms with Crippen LogP contribution in [-0.2, 0) is 9.59 Å². The van der Waals surface area contributed by atoms with Crippen molar-refractivity contribution in [1.29, 1.82) is 0 Å². The van der Waals surface area contributed by atoms with E-state index in [1.165, 1.54) is 6.07 Å². The minimum absolute atomic E-state index is 0.0736. The number of hydrogen-bond acceptors (Lipinski definition) is 4. The van der Waals surface area contributed by atoms with Crippen LogP contribution in [0.5, 0.6) is 0 Å². The standard InChI is InChI=1S/C11H8N2O4/c1-6-2-3-7(4-9(6)13(16)17)8-5-10(14)12-11(8)15/h2-5H,1H3,(H,12,14,15). The molecule has 0 saturated carbocycles. The van der Waals surface area contributed by atoms with Crippen LogP contribution in [0.2, 0.25) is 0 Å². The average Bonchev–Trinajstić information content (AvgIpc) is 2.58. The number of nitro groups is 1. The largest absolute Gasteiger partial charge is 0.289 e. The van der Waals surface area contributed by atoms with Crippen LogP contribution in [0, 0.1) is 17.0 Å². The first kappa shape index (κ1) is 11.0. The fraction of sp³-hybridized carbons (Fsp3) is 0.0909. The zero-order valence-electron chi connectivity index (χ0n) is 8.89. The molecule has 0 saturated heterocycles. The first-order valence-corrected chi connectivity index (χ1v) is 4.81. The molecular weight excluding hydrogens is 224 g/mol. The zero-order valence-corrected chi connectivity index (χ0v) is 8.89. The molecule has 17 heavy (non-hydrogen) atoms. The number of carbonyl (C=O) groups excluding carboxylic acids is 2. The van der Waals surface area contributed by atoms with E-state index in [2.05, 4.69) is 5.32 Å². The number of nitrogens with zero attached hydrogens (tertiary/aromatic N) is 1. The number of hydrogen-bond donors (Lipinski definition) is 1. The van der Waals surface area contributed by atoms with Crippen molar-refractivity contribution in [3.8, 4) is 0 Å². The van der Waals surface area contributed by atoms with E-state index in [9.17, 15) is 19.7 Å². The second-order valence-corrected chi connectivity index (χ2v) is 3.63. The molecule has 1 heterocycles. The summed E-state index contributed by atoms with van der Waals surface area (Å²) in [7, 11) is 0. The molecule has 0 aromatic heterocycles. The molecule has 1 aromatic rings. The van der Waals surface area contributed by atoms with Crippen molar-refractivity contribution >= 4 is 23.1 Å². The number of rotatable bonds is 2. The molecule has 2 amide bonds. The SMILES string of the molecule is Cc1ccc(C2=CC(=O)NC2=O)cc1[N+](=O)[O-]. The van der Waals surface area contributed by atoms with Gasteiger partial charge < -0.3 is 0 Å². The number of amides is 2. The Kier molecular flexibility index (Phi) is 2.47. The topological polar surface area (TPSA) is 89.3 Å². The maximum absolute atomic E-state index is 11.4. The van der Waals surface area contributed by atoms with Crippen LogP contribution in [0.4, 0.5) is 5.69 Å². The van der Waals surface area contributed by atoms with Crippen LogP contribution >= 0.6 is 0 Å². The van der Waals surface area contributed by atoms with E-state index >= 15 is 0 Å². The highest BCUT2D eigenvalue weighted by molar-refractivity contribution is 6.33. The minimum atomic E-state index is -0.534. The Morgan fingerprint density at radius 2 is 2.00 bits per heavy atom. The van der Waals surface area contributed by atoms with E-state index in [-0.39, 0.29) is 11.3 Å². The summed E-state index contributed by atoms with van der Waals surface area (Å²) in [6.07, 6.45) is 1.14. The van der Waals surface area contributed by atoms with Gasteiger partial charge in [-0.05, 0) is 12.5 Å². The molecule has 1 aromatic carbocycles. The highest BCUT2D eigenvalue weighted by atomic mass is 16.6. The summed E-state index contributed by atoms with van der Waals surface area (Å²) in [6, 6.07) is 4.41. The third-order valence-corrected chi connectivity index (χ3v) is 2.47. The summed E-state index contributed by atoms with van der Waals surface area (Å²) in [6.45, 7) is 1.61. The van der Waals surface area contributed by atoms with Gasteiger partial charge in [0.2, 0.25) is 0 Å². The first-order chi connectivity index (χ1) is 7.99. The van der Waals surface area contributed by atoms with Crippen molar-refractivity contribution in [1.82, 2.24) is 5.32 Å². The van der Waals surface area contributed by atoms with E-state index in [1.807, 2.05) is 0 Å². The van der Waals surface area contributed by atoms with Gasteiger partial charge in [0, 0.05) is 17.7 Å². The van der Waals surface area contributed by atoms with Crippen molar-refractivity contribution < 1.29 is 14.5 Å². The first-order valence-electron chi connectivity index (χ1n) is 4.81. The van der Waals surface area contributed by atoms with Crippen molar-refractivity contribution in [3.05, 3.63) is 45.5 Å². The number of nitro benzene ring substituents is 1. The zero-order chi connectivity index (χ0) is 12.6. The Bertz CT molecular complexity index is 575. The van der Waals surface area contributed by atoms with Crippen molar-refractivity contribution in [3.63, 3.8) is 0 Å². The Morgan fingerprint density at radius 3 is 2.53 bits per heavy atom. The van der Waals surface area contributed by atoms with Crippen molar-refractivity contribution in [2.24, 2.45) is 0 Å². The molecule has 0 radical (unpaired) electrons. The summed E-state index contributed by atoms with van der Waals surface area (Å²) in [5, 5.41) is 12.8. The predicted molar refractivity (Wildman–Crippen MR) is 59.0 cm³/mol. The maximum atomic E-state index is 11.4. The molecule has 0 aliphatic carbocycles. The number of benzene rings is 1. The van der Waals surface area contributed by atoms with Crippen LogP contribution < -0.4 is 5.32 Å². The monoisotopic (exact) mass is 232 g/mol. The molecule has 2 rings (SSSR count). The molecule has 6 heteroatoms.